The number of nitrogens with zero attached hydrogens (tertiary/aromatic N) is 6. The van der Waals surface area contributed by atoms with Gasteiger partial charge in [-0.2, -0.15) is 0 Å². The largest absolute Gasteiger partial charge is 0.496 e. The summed E-state index contributed by atoms with van der Waals surface area (Å²) in [7, 11) is 1.56. The minimum absolute atomic E-state index is 0.158. The van der Waals surface area contributed by atoms with Gasteiger partial charge in [0.25, 0.3) is 11.8 Å². The van der Waals surface area contributed by atoms with Crippen molar-refractivity contribution in [3.05, 3.63) is 84.1 Å². The number of pyridine rings is 1. The molecule has 1 aromatic carbocycles. The minimum Gasteiger partial charge on any atom is -0.496 e. The second-order valence-electron chi connectivity index (χ2n) is 8.00. The van der Waals surface area contributed by atoms with E-state index >= 15 is 0 Å². The molecular weight excluding hydrogens is 432 g/mol. The summed E-state index contributed by atoms with van der Waals surface area (Å²) in [6.07, 6.45) is 6.76. The Bertz CT molecular complexity index is 1220. The fourth-order valence-corrected chi connectivity index (χ4v) is 4.35. The predicted octanol–water partition coefficient (Wildman–Crippen LogP) is 1.98. The minimum atomic E-state index is -0.331. The van der Waals surface area contributed by atoms with Crippen LogP contribution in [0.25, 0.3) is 5.57 Å². The molecule has 0 spiro atoms. The van der Waals surface area contributed by atoms with Crippen LogP contribution in [0.15, 0.2) is 72.9 Å². The Morgan fingerprint density at radius 3 is 2.29 bits per heavy atom. The number of hydrogen-bond donors (Lipinski definition) is 0. The summed E-state index contributed by atoms with van der Waals surface area (Å²) >= 11 is 0. The maximum atomic E-state index is 13.7. The number of methoxy groups -OCH3 is 1. The van der Waals surface area contributed by atoms with E-state index in [4.69, 9.17) is 4.74 Å². The summed E-state index contributed by atoms with van der Waals surface area (Å²) in [5.41, 5.74) is 2.18. The summed E-state index contributed by atoms with van der Waals surface area (Å²) in [5.74, 6) is 0.574. The van der Waals surface area contributed by atoms with Crippen LogP contribution in [-0.2, 0) is 16.1 Å². The van der Waals surface area contributed by atoms with Gasteiger partial charge in [0.2, 0.25) is 5.95 Å². The van der Waals surface area contributed by atoms with Gasteiger partial charge in [0.1, 0.15) is 11.4 Å². The SMILES string of the molecule is COc1ccccc1C1=C(N2CCN(c3ncccn3)CC2)C(=O)N(Cc2cccnc2)C1=O. The summed E-state index contributed by atoms with van der Waals surface area (Å²) < 4.78 is 5.54. The molecule has 2 aromatic heterocycles. The fraction of sp³-hybridized carbons (Fsp3) is 0.240. The number of benzene rings is 1. The van der Waals surface area contributed by atoms with Crippen LogP contribution in [0.3, 0.4) is 0 Å². The molecule has 9 nitrogen and oxygen atoms in total. The lowest BCUT2D eigenvalue weighted by Gasteiger charge is -2.36. The maximum absolute atomic E-state index is 13.7. The highest BCUT2D eigenvalue weighted by Crippen LogP contribution is 2.37. The average molecular weight is 457 g/mol. The molecular formula is C25H24N6O3. The Labute approximate surface area is 197 Å². The normalized spacial score (nSPS) is 16.4. The Balaban J connectivity index is 1.49. The molecule has 0 radical (unpaired) electrons. The zero-order valence-electron chi connectivity index (χ0n) is 18.8. The maximum Gasteiger partial charge on any atom is 0.278 e. The molecule has 3 aromatic rings. The van der Waals surface area contributed by atoms with Gasteiger partial charge in [-0.15, -0.1) is 0 Å². The van der Waals surface area contributed by atoms with E-state index in [2.05, 4.69) is 19.9 Å². The van der Waals surface area contributed by atoms with Gasteiger partial charge < -0.3 is 14.5 Å². The number of imide groups is 1. The lowest BCUT2D eigenvalue weighted by molar-refractivity contribution is -0.138. The molecule has 1 saturated heterocycles. The first-order chi connectivity index (χ1) is 16.7. The van der Waals surface area contributed by atoms with Crippen molar-refractivity contribution in [1.29, 1.82) is 0 Å². The molecule has 0 saturated carbocycles. The second kappa shape index (κ2) is 9.30. The molecule has 2 amide bonds. The molecule has 172 valence electrons. The zero-order valence-corrected chi connectivity index (χ0v) is 18.8. The number of piperazine rings is 1. The highest BCUT2D eigenvalue weighted by atomic mass is 16.5. The Morgan fingerprint density at radius 1 is 0.853 bits per heavy atom. The first kappa shape index (κ1) is 21.6. The lowest BCUT2D eigenvalue weighted by Crippen LogP contribution is -2.48. The predicted molar refractivity (Wildman–Crippen MR) is 126 cm³/mol. The van der Waals surface area contributed by atoms with Crippen molar-refractivity contribution in [3.8, 4) is 5.75 Å². The number of hydrogen-bond acceptors (Lipinski definition) is 8. The highest BCUT2D eigenvalue weighted by molar-refractivity contribution is 6.35. The topological polar surface area (TPSA) is 91.8 Å². The molecule has 0 atom stereocenters. The van der Waals surface area contributed by atoms with Crippen LogP contribution in [0.5, 0.6) is 5.75 Å². The first-order valence-corrected chi connectivity index (χ1v) is 11.1. The van der Waals surface area contributed by atoms with E-state index in [1.54, 1.807) is 50.1 Å². The molecule has 5 rings (SSSR count). The van der Waals surface area contributed by atoms with Crippen molar-refractivity contribution >= 4 is 23.3 Å². The fourth-order valence-electron chi connectivity index (χ4n) is 4.35. The third-order valence-corrected chi connectivity index (χ3v) is 6.01. The molecule has 2 aliphatic rings. The third-order valence-electron chi connectivity index (χ3n) is 6.01. The Morgan fingerprint density at radius 2 is 1.59 bits per heavy atom. The molecule has 9 heteroatoms. The Kier molecular flexibility index (Phi) is 5.90. The molecule has 1 fully saturated rings. The zero-order chi connectivity index (χ0) is 23.5. The van der Waals surface area contributed by atoms with Crippen molar-refractivity contribution in [2.75, 3.05) is 38.2 Å². The molecule has 0 N–H and O–H groups in total. The molecule has 0 aliphatic carbocycles. The first-order valence-electron chi connectivity index (χ1n) is 11.1. The number of carbonyl (C=O) groups excluding carboxylic acids is 2. The van der Waals surface area contributed by atoms with Gasteiger partial charge in [-0.3, -0.25) is 19.5 Å². The van der Waals surface area contributed by atoms with Crippen LogP contribution in [0, 0.1) is 0 Å². The van der Waals surface area contributed by atoms with Gasteiger partial charge in [0.15, 0.2) is 0 Å². The van der Waals surface area contributed by atoms with Gasteiger partial charge in [0.05, 0.1) is 19.2 Å². The molecule has 34 heavy (non-hydrogen) atoms. The van der Waals surface area contributed by atoms with Gasteiger partial charge in [0, 0.05) is 56.5 Å². The average Bonchev–Trinajstić information content (AvgIpc) is 3.14. The standard InChI is InChI=1S/C25H24N6O3/c1-34-20-8-3-2-7-19(20)21-22(24(33)31(23(21)32)17-18-6-4-9-26-16-18)29-12-14-30(15-13-29)25-27-10-5-11-28-25/h2-11,16H,12-15,17H2,1H3. The van der Waals surface area contributed by atoms with Crippen molar-refractivity contribution in [2.45, 2.75) is 6.54 Å². The lowest BCUT2D eigenvalue weighted by atomic mass is 10.0. The van der Waals surface area contributed by atoms with E-state index in [1.807, 2.05) is 29.2 Å². The number of rotatable bonds is 6. The smallest absolute Gasteiger partial charge is 0.278 e. The van der Waals surface area contributed by atoms with Crippen LogP contribution in [-0.4, -0.2) is 69.9 Å². The van der Waals surface area contributed by atoms with Crippen LogP contribution in [0.2, 0.25) is 0 Å². The van der Waals surface area contributed by atoms with Gasteiger partial charge in [-0.05, 0) is 23.8 Å². The summed E-state index contributed by atoms with van der Waals surface area (Å²) in [4.78, 5) is 45.4. The van der Waals surface area contributed by atoms with E-state index in [0.29, 0.717) is 54.7 Å². The van der Waals surface area contributed by atoms with E-state index in [1.165, 1.54) is 4.90 Å². The quantitative estimate of drug-likeness (QED) is 0.520. The van der Waals surface area contributed by atoms with E-state index < -0.39 is 0 Å². The van der Waals surface area contributed by atoms with E-state index in [0.717, 1.165) is 5.56 Å². The summed E-state index contributed by atoms with van der Waals surface area (Å²) in [5, 5.41) is 0. The van der Waals surface area contributed by atoms with Crippen molar-refractivity contribution in [2.24, 2.45) is 0 Å². The molecule has 0 unspecified atom stereocenters. The van der Waals surface area contributed by atoms with Gasteiger partial charge >= 0.3 is 0 Å². The van der Waals surface area contributed by atoms with Gasteiger partial charge in [-0.25, -0.2) is 9.97 Å². The number of para-hydroxylation sites is 1. The van der Waals surface area contributed by atoms with Crippen molar-refractivity contribution in [3.63, 3.8) is 0 Å². The van der Waals surface area contributed by atoms with Crippen LogP contribution >= 0.6 is 0 Å². The highest BCUT2D eigenvalue weighted by Gasteiger charge is 2.43. The summed E-state index contributed by atoms with van der Waals surface area (Å²) in [6.45, 7) is 2.55. The van der Waals surface area contributed by atoms with Crippen LogP contribution in [0.1, 0.15) is 11.1 Å². The van der Waals surface area contributed by atoms with E-state index in [-0.39, 0.29) is 18.4 Å². The monoisotopic (exact) mass is 456 g/mol. The number of anilines is 1. The van der Waals surface area contributed by atoms with Crippen molar-refractivity contribution < 1.29 is 14.3 Å². The number of amides is 2. The third kappa shape index (κ3) is 3.96. The van der Waals surface area contributed by atoms with Crippen LogP contribution in [0.4, 0.5) is 5.95 Å². The number of carbonyl (C=O) groups is 2. The summed E-state index contributed by atoms with van der Waals surface area (Å²) in [6, 6.07) is 12.7. The van der Waals surface area contributed by atoms with Crippen molar-refractivity contribution in [1.82, 2.24) is 24.8 Å². The Hall–Kier alpha value is -4.27. The number of aromatic nitrogens is 3. The van der Waals surface area contributed by atoms with E-state index in [9.17, 15) is 9.59 Å². The molecule has 4 heterocycles. The molecule has 2 aliphatic heterocycles. The van der Waals surface area contributed by atoms with Gasteiger partial charge in [-0.1, -0.05) is 24.3 Å². The second-order valence-corrected chi connectivity index (χ2v) is 8.00. The van der Waals surface area contributed by atoms with Crippen LogP contribution < -0.4 is 9.64 Å². The molecule has 0 bridgehead atoms. The number of ether oxygens (including phenoxy) is 1.